The van der Waals surface area contributed by atoms with Crippen molar-refractivity contribution >= 4 is 11.9 Å². The Kier molecular flexibility index (Phi) is 8.36. The van der Waals surface area contributed by atoms with Gasteiger partial charge >= 0.3 is 0 Å². The highest BCUT2D eigenvalue weighted by Gasteiger charge is 2.23. The summed E-state index contributed by atoms with van der Waals surface area (Å²) in [5, 5.41) is 6.01. The number of hydrogen-bond acceptors (Lipinski definition) is 3. The first-order chi connectivity index (χ1) is 13.1. The van der Waals surface area contributed by atoms with E-state index in [-0.39, 0.29) is 17.5 Å². The number of carbonyl (C=O) groups excluding carboxylic acids is 1. The molecule has 6 nitrogen and oxygen atoms in total. The fourth-order valence-corrected chi connectivity index (χ4v) is 3.22. The lowest BCUT2D eigenvalue weighted by atomic mass is 9.93. The quantitative estimate of drug-likeness (QED) is 0.565. The number of piperidine rings is 1. The first-order valence-corrected chi connectivity index (χ1v) is 9.72. The maximum Gasteiger partial charge on any atom is 0.220 e. The molecule has 1 aromatic carbocycles. The smallest absolute Gasteiger partial charge is 0.220 e. The molecular formula is C20H31FN4O2. The van der Waals surface area contributed by atoms with Crippen LogP contribution in [0, 0.1) is 11.7 Å². The van der Waals surface area contributed by atoms with Gasteiger partial charge in [-0.2, -0.15) is 0 Å². The van der Waals surface area contributed by atoms with E-state index in [0.29, 0.717) is 25.5 Å². The number of rotatable bonds is 7. The molecule has 7 heteroatoms. The minimum Gasteiger partial charge on any atom is -0.491 e. The summed E-state index contributed by atoms with van der Waals surface area (Å²) in [7, 11) is 1.68. The van der Waals surface area contributed by atoms with E-state index in [0.717, 1.165) is 44.0 Å². The summed E-state index contributed by atoms with van der Waals surface area (Å²) in [6.07, 6.45) is 2.52. The minimum absolute atomic E-state index is 0.103. The van der Waals surface area contributed by atoms with Gasteiger partial charge in [-0.1, -0.05) is 6.07 Å². The Labute approximate surface area is 161 Å². The zero-order valence-electron chi connectivity index (χ0n) is 16.6. The van der Waals surface area contributed by atoms with Gasteiger partial charge in [0.05, 0.1) is 13.2 Å². The Hall–Kier alpha value is -2.31. The highest BCUT2D eigenvalue weighted by Crippen LogP contribution is 2.21. The fraction of sp³-hybridized carbons (Fsp3) is 0.600. The van der Waals surface area contributed by atoms with Crippen molar-refractivity contribution < 1.29 is 13.9 Å². The molecule has 0 aromatic heterocycles. The number of aliphatic imine (C=N–C) groups is 1. The number of ether oxygens (including phenoxy) is 1. The van der Waals surface area contributed by atoms with Crippen LogP contribution in [0.3, 0.4) is 0 Å². The number of carbonyl (C=O) groups is 1. The molecule has 150 valence electrons. The molecule has 1 aliphatic heterocycles. The lowest BCUT2D eigenvalue weighted by Crippen LogP contribution is -2.46. The van der Waals surface area contributed by atoms with E-state index in [1.807, 2.05) is 19.9 Å². The number of amides is 1. The van der Waals surface area contributed by atoms with E-state index in [1.54, 1.807) is 13.1 Å². The summed E-state index contributed by atoms with van der Waals surface area (Å²) in [6, 6.07) is 4.98. The van der Waals surface area contributed by atoms with Crippen LogP contribution in [0.25, 0.3) is 0 Å². The Morgan fingerprint density at radius 3 is 2.67 bits per heavy atom. The van der Waals surface area contributed by atoms with Crippen LogP contribution in [0.1, 0.15) is 38.7 Å². The van der Waals surface area contributed by atoms with Gasteiger partial charge < -0.3 is 20.3 Å². The molecule has 0 aliphatic carbocycles. The summed E-state index contributed by atoms with van der Waals surface area (Å²) in [4.78, 5) is 18.4. The summed E-state index contributed by atoms with van der Waals surface area (Å²) in [5.74, 6) is 1.28. The molecule has 0 atom stereocenters. The molecule has 1 fully saturated rings. The summed E-state index contributed by atoms with van der Waals surface area (Å²) in [6.45, 7) is 7.21. The van der Waals surface area contributed by atoms with Crippen LogP contribution in [-0.4, -0.2) is 50.1 Å². The third-order valence-electron chi connectivity index (χ3n) is 4.71. The zero-order valence-corrected chi connectivity index (χ0v) is 16.6. The molecule has 1 heterocycles. The van der Waals surface area contributed by atoms with Crippen molar-refractivity contribution in [3.63, 3.8) is 0 Å². The van der Waals surface area contributed by atoms with Crippen molar-refractivity contribution in [1.82, 2.24) is 15.5 Å². The van der Waals surface area contributed by atoms with Gasteiger partial charge in [0.15, 0.2) is 17.5 Å². The molecule has 1 amide bonds. The maximum absolute atomic E-state index is 14.0. The van der Waals surface area contributed by atoms with Crippen LogP contribution in [-0.2, 0) is 11.3 Å². The second kappa shape index (κ2) is 10.7. The number of hydrogen-bond donors (Lipinski definition) is 2. The van der Waals surface area contributed by atoms with Gasteiger partial charge in [-0.15, -0.1) is 0 Å². The molecule has 2 N–H and O–H groups in total. The Balaban J connectivity index is 1.96. The summed E-state index contributed by atoms with van der Waals surface area (Å²) >= 11 is 0. The molecule has 1 aliphatic rings. The van der Waals surface area contributed by atoms with Crippen molar-refractivity contribution in [3.8, 4) is 5.75 Å². The van der Waals surface area contributed by atoms with Gasteiger partial charge in [-0.05, 0) is 50.3 Å². The van der Waals surface area contributed by atoms with Gasteiger partial charge in [-0.3, -0.25) is 4.79 Å². The monoisotopic (exact) mass is 378 g/mol. The van der Waals surface area contributed by atoms with E-state index in [4.69, 9.17) is 4.74 Å². The Morgan fingerprint density at radius 1 is 1.33 bits per heavy atom. The maximum atomic E-state index is 14.0. The van der Waals surface area contributed by atoms with Crippen LogP contribution in [0.5, 0.6) is 5.75 Å². The number of guanidine groups is 1. The van der Waals surface area contributed by atoms with Gasteiger partial charge in [-0.25, -0.2) is 9.38 Å². The van der Waals surface area contributed by atoms with E-state index >= 15 is 0 Å². The first kappa shape index (κ1) is 21.0. The van der Waals surface area contributed by atoms with E-state index in [1.165, 1.54) is 6.07 Å². The number of nitrogens with one attached hydrogen (secondary N) is 2. The number of likely N-dealkylation sites (tertiary alicyclic amines) is 1. The van der Waals surface area contributed by atoms with Crippen molar-refractivity contribution in [1.29, 1.82) is 0 Å². The third-order valence-corrected chi connectivity index (χ3v) is 4.71. The fourth-order valence-electron chi connectivity index (χ4n) is 3.22. The van der Waals surface area contributed by atoms with E-state index < -0.39 is 0 Å². The average Bonchev–Trinajstić information content (AvgIpc) is 2.68. The van der Waals surface area contributed by atoms with Crippen LogP contribution in [0.4, 0.5) is 4.39 Å². The predicted molar refractivity (Wildman–Crippen MR) is 105 cm³/mol. The van der Waals surface area contributed by atoms with Crippen LogP contribution >= 0.6 is 0 Å². The summed E-state index contributed by atoms with van der Waals surface area (Å²) in [5.41, 5.74) is 0.806. The molecule has 0 spiro atoms. The average molecular weight is 378 g/mol. The molecule has 1 aromatic rings. The lowest BCUT2D eigenvalue weighted by Gasteiger charge is -2.34. The molecular weight excluding hydrogens is 347 g/mol. The van der Waals surface area contributed by atoms with Gasteiger partial charge in [0.2, 0.25) is 5.91 Å². The largest absolute Gasteiger partial charge is 0.491 e. The highest BCUT2D eigenvalue weighted by molar-refractivity contribution is 5.80. The van der Waals surface area contributed by atoms with E-state index in [9.17, 15) is 9.18 Å². The number of nitrogens with zero attached hydrogens (tertiary/aromatic N) is 2. The van der Waals surface area contributed by atoms with Crippen LogP contribution < -0.4 is 15.4 Å². The molecule has 1 saturated heterocycles. The van der Waals surface area contributed by atoms with Crippen molar-refractivity contribution in [2.24, 2.45) is 10.9 Å². The topological polar surface area (TPSA) is 66.0 Å². The molecule has 0 radical (unpaired) electrons. The minimum atomic E-state index is -0.357. The van der Waals surface area contributed by atoms with Crippen molar-refractivity contribution in [2.75, 3.05) is 33.3 Å². The first-order valence-electron chi connectivity index (χ1n) is 9.72. The zero-order chi connectivity index (χ0) is 19.6. The Bertz CT molecular complexity index is 643. The predicted octanol–water partition coefficient (Wildman–Crippen LogP) is 2.54. The number of halogens is 1. The van der Waals surface area contributed by atoms with E-state index in [2.05, 4.69) is 20.5 Å². The highest BCUT2D eigenvalue weighted by atomic mass is 19.1. The molecule has 0 bridgehead atoms. The van der Waals surface area contributed by atoms with Gasteiger partial charge in [0, 0.05) is 33.1 Å². The SMILES string of the molecule is CCNC(=NCc1ccc(OCC)c(F)c1)N1CCC(CC(=O)NC)CC1. The van der Waals surface area contributed by atoms with Crippen molar-refractivity contribution in [3.05, 3.63) is 29.6 Å². The van der Waals surface area contributed by atoms with Crippen LogP contribution in [0.2, 0.25) is 0 Å². The van der Waals surface area contributed by atoms with Crippen molar-refractivity contribution in [2.45, 2.75) is 39.7 Å². The van der Waals surface area contributed by atoms with Gasteiger partial charge in [0.25, 0.3) is 0 Å². The third kappa shape index (κ3) is 6.41. The molecule has 0 unspecified atom stereocenters. The van der Waals surface area contributed by atoms with Crippen LogP contribution in [0.15, 0.2) is 23.2 Å². The second-order valence-corrected chi connectivity index (χ2v) is 6.68. The molecule has 27 heavy (non-hydrogen) atoms. The standard InChI is InChI=1S/C20H31FN4O2/c1-4-23-20(25-10-8-15(9-11-25)13-19(26)22-3)24-14-16-6-7-18(27-5-2)17(21)12-16/h6-7,12,15H,4-5,8-11,13-14H2,1-3H3,(H,22,26)(H,23,24). The summed E-state index contributed by atoms with van der Waals surface area (Å²) < 4.78 is 19.2. The molecule has 2 rings (SSSR count). The van der Waals surface area contributed by atoms with Gasteiger partial charge in [0.1, 0.15) is 0 Å². The normalized spacial score (nSPS) is 15.6. The molecule has 0 saturated carbocycles. The Morgan fingerprint density at radius 2 is 2.07 bits per heavy atom. The lowest BCUT2D eigenvalue weighted by molar-refractivity contribution is -0.121. The second-order valence-electron chi connectivity index (χ2n) is 6.68. The number of benzene rings is 1.